The van der Waals surface area contributed by atoms with Gasteiger partial charge in [0, 0.05) is 13.2 Å². The Labute approximate surface area is 208 Å². The molecule has 0 saturated heterocycles. The zero-order chi connectivity index (χ0) is 24.9. The van der Waals surface area contributed by atoms with Crippen LogP contribution in [-0.4, -0.2) is 31.2 Å². The van der Waals surface area contributed by atoms with Crippen molar-refractivity contribution in [2.45, 2.75) is 144 Å². The van der Waals surface area contributed by atoms with Gasteiger partial charge in [-0.05, 0) is 87.9 Å². The summed E-state index contributed by atoms with van der Waals surface area (Å²) in [5.41, 5.74) is 0. The van der Waals surface area contributed by atoms with Gasteiger partial charge in [0.15, 0.2) is 0 Å². The molecule has 0 aromatic carbocycles. The molecular formula is C30H62O3. The molecule has 6 unspecified atom stereocenters. The number of rotatable bonds is 24. The summed E-state index contributed by atoms with van der Waals surface area (Å²) in [6.45, 7) is 18.2. The third kappa shape index (κ3) is 23.4. The third-order valence-electron chi connectivity index (χ3n) is 7.01. The number of hydrogen-bond donors (Lipinski definition) is 1. The van der Waals surface area contributed by atoms with E-state index in [0.717, 1.165) is 49.7 Å². The van der Waals surface area contributed by atoms with Gasteiger partial charge in [-0.25, -0.2) is 0 Å². The first-order valence-corrected chi connectivity index (χ1v) is 14.6. The average molecular weight is 471 g/mol. The highest BCUT2D eigenvalue weighted by Crippen LogP contribution is 2.28. The van der Waals surface area contributed by atoms with Crippen LogP contribution in [0.25, 0.3) is 0 Å². The van der Waals surface area contributed by atoms with Gasteiger partial charge in [0.1, 0.15) is 6.79 Å². The van der Waals surface area contributed by atoms with Crippen LogP contribution >= 0.6 is 0 Å². The molecule has 0 bridgehead atoms. The Morgan fingerprint density at radius 3 is 1.45 bits per heavy atom. The van der Waals surface area contributed by atoms with Crippen LogP contribution in [0.4, 0.5) is 0 Å². The molecule has 0 heterocycles. The van der Waals surface area contributed by atoms with Gasteiger partial charge in [-0.1, -0.05) is 80.1 Å². The van der Waals surface area contributed by atoms with Crippen LogP contribution in [0.5, 0.6) is 0 Å². The summed E-state index contributed by atoms with van der Waals surface area (Å²) in [6.07, 6.45) is 17.7. The lowest BCUT2D eigenvalue weighted by Gasteiger charge is -2.24. The molecule has 0 fully saturated rings. The topological polar surface area (TPSA) is 38.7 Å². The number of unbranched alkanes of at least 4 members (excludes halogenated alkanes) is 6. The Balaban J connectivity index is 3.62. The van der Waals surface area contributed by atoms with Crippen LogP contribution in [0.2, 0.25) is 0 Å². The van der Waals surface area contributed by atoms with Crippen molar-refractivity contribution in [3.8, 4) is 0 Å². The molecule has 0 aliphatic carbocycles. The smallest absolute Gasteiger partial charge is 0.146 e. The van der Waals surface area contributed by atoms with Crippen molar-refractivity contribution < 1.29 is 14.6 Å². The molecule has 1 N–H and O–H groups in total. The summed E-state index contributed by atoms with van der Waals surface area (Å²) in [7, 11) is 0. The van der Waals surface area contributed by atoms with Crippen molar-refractivity contribution in [1.29, 1.82) is 0 Å². The summed E-state index contributed by atoms with van der Waals surface area (Å²) < 4.78 is 11.3. The van der Waals surface area contributed by atoms with Gasteiger partial charge in [0.05, 0.1) is 6.10 Å². The van der Waals surface area contributed by atoms with E-state index in [-0.39, 0.29) is 6.10 Å². The highest BCUT2D eigenvalue weighted by Gasteiger charge is 2.17. The van der Waals surface area contributed by atoms with Crippen LogP contribution in [0.3, 0.4) is 0 Å². The molecule has 0 aromatic rings. The fourth-order valence-corrected chi connectivity index (χ4v) is 5.70. The van der Waals surface area contributed by atoms with Crippen LogP contribution in [0, 0.1) is 29.6 Å². The van der Waals surface area contributed by atoms with Crippen molar-refractivity contribution in [2.75, 3.05) is 20.0 Å². The molecule has 6 atom stereocenters. The molecule has 0 aliphatic rings. The molecule has 0 rings (SSSR count). The molecule has 0 radical (unpaired) electrons. The maximum absolute atomic E-state index is 9.58. The zero-order valence-electron chi connectivity index (χ0n) is 23.7. The van der Waals surface area contributed by atoms with E-state index in [4.69, 9.17) is 9.47 Å². The van der Waals surface area contributed by atoms with Gasteiger partial charge in [-0.3, -0.25) is 0 Å². The van der Waals surface area contributed by atoms with Crippen molar-refractivity contribution >= 4 is 0 Å². The zero-order valence-corrected chi connectivity index (χ0v) is 23.7. The van der Waals surface area contributed by atoms with Crippen molar-refractivity contribution in [1.82, 2.24) is 0 Å². The molecule has 3 heteroatoms. The van der Waals surface area contributed by atoms with E-state index in [1.165, 1.54) is 77.0 Å². The molecule has 33 heavy (non-hydrogen) atoms. The van der Waals surface area contributed by atoms with Crippen molar-refractivity contribution in [2.24, 2.45) is 29.6 Å². The predicted octanol–water partition coefficient (Wildman–Crippen LogP) is 9.02. The van der Waals surface area contributed by atoms with Crippen LogP contribution < -0.4 is 0 Å². The number of aliphatic hydroxyl groups excluding tert-OH is 1. The molecule has 0 aliphatic heterocycles. The fraction of sp³-hybridized carbons (Fsp3) is 1.00. The minimum atomic E-state index is -0.168. The van der Waals surface area contributed by atoms with E-state index in [1.54, 1.807) is 0 Å². The standard InChI is InChI=1S/C30H62O3/c1-8-9-10-11-12-13-14-17-32-24-33-18-15-16-25(2)19-26(3)20-27(4)21-28(5)22-29(6)23-30(7)31/h25-31H,8-24H2,1-7H3. The maximum atomic E-state index is 9.58. The van der Waals surface area contributed by atoms with Gasteiger partial charge < -0.3 is 14.6 Å². The second kappa shape index (κ2) is 22.4. The van der Waals surface area contributed by atoms with Crippen LogP contribution in [-0.2, 0) is 9.47 Å². The first kappa shape index (κ1) is 32.9. The maximum Gasteiger partial charge on any atom is 0.146 e. The average Bonchev–Trinajstić information content (AvgIpc) is 2.70. The van der Waals surface area contributed by atoms with Crippen molar-refractivity contribution in [3.05, 3.63) is 0 Å². The molecule has 0 saturated carbocycles. The second-order valence-corrected chi connectivity index (χ2v) is 11.8. The summed E-state index contributed by atoms with van der Waals surface area (Å²) in [4.78, 5) is 0. The molecule has 0 spiro atoms. The first-order valence-electron chi connectivity index (χ1n) is 14.6. The summed E-state index contributed by atoms with van der Waals surface area (Å²) in [5.74, 6) is 3.73. The number of aliphatic hydroxyl groups is 1. The van der Waals surface area contributed by atoms with Crippen LogP contribution in [0.15, 0.2) is 0 Å². The quantitative estimate of drug-likeness (QED) is 0.113. The molecule has 0 amide bonds. The Morgan fingerprint density at radius 2 is 0.939 bits per heavy atom. The minimum Gasteiger partial charge on any atom is -0.393 e. The van der Waals surface area contributed by atoms with Gasteiger partial charge in [0.25, 0.3) is 0 Å². The van der Waals surface area contributed by atoms with Gasteiger partial charge in [-0.15, -0.1) is 0 Å². The summed E-state index contributed by atoms with van der Waals surface area (Å²) in [5, 5.41) is 9.58. The first-order chi connectivity index (χ1) is 15.7. The van der Waals surface area contributed by atoms with Crippen LogP contribution in [0.1, 0.15) is 138 Å². The Hall–Kier alpha value is -0.120. The van der Waals surface area contributed by atoms with Gasteiger partial charge in [0.2, 0.25) is 0 Å². The monoisotopic (exact) mass is 470 g/mol. The summed E-state index contributed by atoms with van der Waals surface area (Å²) >= 11 is 0. The lowest BCUT2D eigenvalue weighted by atomic mass is 9.82. The Kier molecular flexibility index (Phi) is 22.3. The van der Waals surface area contributed by atoms with E-state index < -0.39 is 0 Å². The number of hydrogen-bond acceptors (Lipinski definition) is 3. The van der Waals surface area contributed by atoms with Gasteiger partial charge >= 0.3 is 0 Å². The summed E-state index contributed by atoms with van der Waals surface area (Å²) in [6, 6.07) is 0. The lowest BCUT2D eigenvalue weighted by Crippen LogP contribution is -2.14. The van der Waals surface area contributed by atoms with E-state index in [2.05, 4.69) is 41.5 Å². The number of ether oxygens (including phenoxy) is 2. The van der Waals surface area contributed by atoms with E-state index in [0.29, 0.717) is 12.7 Å². The molecule has 200 valence electrons. The second-order valence-electron chi connectivity index (χ2n) is 11.8. The highest BCUT2D eigenvalue weighted by atomic mass is 16.7. The fourth-order valence-electron chi connectivity index (χ4n) is 5.70. The van der Waals surface area contributed by atoms with E-state index in [9.17, 15) is 5.11 Å². The highest BCUT2D eigenvalue weighted by molar-refractivity contribution is 4.68. The third-order valence-corrected chi connectivity index (χ3v) is 7.01. The van der Waals surface area contributed by atoms with E-state index in [1.807, 2.05) is 6.92 Å². The Morgan fingerprint density at radius 1 is 0.515 bits per heavy atom. The predicted molar refractivity (Wildman–Crippen MR) is 145 cm³/mol. The van der Waals surface area contributed by atoms with Crippen molar-refractivity contribution in [3.63, 3.8) is 0 Å². The lowest BCUT2D eigenvalue weighted by molar-refractivity contribution is -0.0561. The SMILES string of the molecule is CCCCCCCCCOCOCCCC(C)CC(C)CC(C)CC(C)CC(C)CC(C)O. The van der Waals surface area contributed by atoms with E-state index >= 15 is 0 Å². The molecular weight excluding hydrogens is 408 g/mol. The Bertz CT molecular complexity index is 398. The normalized spacial score (nSPS) is 17.5. The van der Waals surface area contributed by atoms with Gasteiger partial charge in [-0.2, -0.15) is 0 Å². The largest absolute Gasteiger partial charge is 0.393 e. The minimum absolute atomic E-state index is 0.168. The molecule has 3 nitrogen and oxygen atoms in total. The molecule has 0 aromatic heterocycles.